The Morgan fingerprint density at radius 3 is 2.55 bits per heavy atom. The van der Waals surface area contributed by atoms with Crippen LogP contribution in [0.1, 0.15) is 42.3 Å². The lowest BCUT2D eigenvalue weighted by Crippen LogP contribution is -2.20. The third kappa shape index (κ3) is 1.77. The number of halogens is 3. The first-order chi connectivity index (χ1) is 9.43. The van der Waals surface area contributed by atoms with Crippen molar-refractivity contribution in [2.75, 3.05) is 0 Å². The number of nitrogens with zero attached hydrogens (tertiary/aromatic N) is 3. The minimum absolute atomic E-state index is 0.0544. The quantitative estimate of drug-likeness (QED) is 0.792. The van der Waals surface area contributed by atoms with E-state index < -0.39 is 11.7 Å². The first-order valence-corrected chi connectivity index (χ1v) is 6.42. The zero-order chi connectivity index (χ0) is 14.5. The molecule has 3 nitrogen and oxygen atoms in total. The van der Waals surface area contributed by atoms with E-state index >= 15 is 0 Å². The van der Waals surface area contributed by atoms with Crippen molar-refractivity contribution in [3.05, 3.63) is 29.1 Å². The Morgan fingerprint density at radius 1 is 1.35 bits per heavy atom. The van der Waals surface area contributed by atoms with E-state index in [1.54, 1.807) is 17.6 Å². The largest absolute Gasteiger partial charge is 0.419 e. The molecule has 1 aliphatic carbocycles. The number of fused-ring (bicyclic) bond motifs is 1. The van der Waals surface area contributed by atoms with Gasteiger partial charge in [0.25, 0.3) is 0 Å². The number of alkyl halides is 3. The fourth-order valence-electron chi connectivity index (χ4n) is 2.78. The highest BCUT2D eigenvalue weighted by atomic mass is 19.4. The summed E-state index contributed by atoms with van der Waals surface area (Å²) in [5.74, 6) is 0.574. The van der Waals surface area contributed by atoms with Crippen molar-refractivity contribution in [1.82, 2.24) is 9.55 Å². The maximum Gasteiger partial charge on any atom is 0.419 e. The number of aromatic nitrogens is 2. The minimum Gasteiger partial charge on any atom is -0.325 e. The SMILES string of the molecule is Cc1nc2ccc(C#N)c(C(F)(F)F)c2n1C1CCC1. The van der Waals surface area contributed by atoms with Gasteiger partial charge in [0, 0.05) is 6.04 Å². The summed E-state index contributed by atoms with van der Waals surface area (Å²) < 4.78 is 41.7. The summed E-state index contributed by atoms with van der Waals surface area (Å²) in [7, 11) is 0. The summed E-state index contributed by atoms with van der Waals surface area (Å²) in [6.45, 7) is 1.71. The van der Waals surface area contributed by atoms with E-state index in [-0.39, 0.29) is 17.1 Å². The molecule has 0 spiro atoms. The van der Waals surface area contributed by atoms with Crippen molar-refractivity contribution in [2.24, 2.45) is 0 Å². The molecule has 6 heteroatoms. The second kappa shape index (κ2) is 4.23. The van der Waals surface area contributed by atoms with Crippen molar-refractivity contribution in [3.8, 4) is 6.07 Å². The van der Waals surface area contributed by atoms with E-state index in [4.69, 9.17) is 5.26 Å². The fraction of sp³-hybridized carbons (Fsp3) is 0.429. The van der Waals surface area contributed by atoms with Gasteiger partial charge in [-0.3, -0.25) is 0 Å². The molecule has 20 heavy (non-hydrogen) atoms. The average molecular weight is 279 g/mol. The van der Waals surface area contributed by atoms with E-state index in [9.17, 15) is 13.2 Å². The summed E-state index contributed by atoms with van der Waals surface area (Å²) >= 11 is 0. The van der Waals surface area contributed by atoms with Crippen LogP contribution in [0.15, 0.2) is 12.1 Å². The molecule has 1 aliphatic rings. The molecule has 0 aliphatic heterocycles. The van der Waals surface area contributed by atoms with Crippen LogP contribution in [-0.4, -0.2) is 9.55 Å². The number of hydrogen-bond acceptors (Lipinski definition) is 2. The Hall–Kier alpha value is -2.03. The van der Waals surface area contributed by atoms with Crippen molar-refractivity contribution < 1.29 is 13.2 Å². The third-order valence-electron chi connectivity index (χ3n) is 3.87. The highest BCUT2D eigenvalue weighted by Crippen LogP contribution is 2.41. The number of benzene rings is 1. The van der Waals surface area contributed by atoms with Crippen LogP contribution in [0.4, 0.5) is 13.2 Å². The van der Waals surface area contributed by atoms with Crippen LogP contribution in [-0.2, 0) is 6.18 Å². The maximum atomic E-state index is 13.3. The highest BCUT2D eigenvalue weighted by Gasteiger charge is 2.38. The van der Waals surface area contributed by atoms with E-state index in [1.807, 2.05) is 0 Å². The van der Waals surface area contributed by atoms with Crippen molar-refractivity contribution in [1.29, 1.82) is 5.26 Å². The highest BCUT2D eigenvalue weighted by molar-refractivity contribution is 5.83. The summed E-state index contributed by atoms with van der Waals surface area (Å²) in [6, 6.07) is 4.40. The molecule has 0 saturated heterocycles. The molecule has 0 amide bonds. The first-order valence-electron chi connectivity index (χ1n) is 6.42. The molecular formula is C14H12F3N3. The summed E-state index contributed by atoms with van der Waals surface area (Å²) in [5, 5.41) is 8.97. The van der Waals surface area contributed by atoms with Crippen LogP contribution in [0.3, 0.4) is 0 Å². The zero-order valence-electron chi connectivity index (χ0n) is 10.8. The molecule has 0 bridgehead atoms. The monoisotopic (exact) mass is 279 g/mol. The van der Waals surface area contributed by atoms with E-state index in [2.05, 4.69) is 4.98 Å². The molecule has 1 aromatic carbocycles. The van der Waals surface area contributed by atoms with Gasteiger partial charge in [0.1, 0.15) is 5.82 Å². The number of imidazole rings is 1. The second-order valence-corrected chi connectivity index (χ2v) is 5.08. The van der Waals surface area contributed by atoms with Gasteiger partial charge in [0.2, 0.25) is 0 Å². The summed E-state index contributed by atoms with van der Waals surface area (Å²) in [6.07, 6.45) is -1.82. The van der Waals surface area contributed by atoms with Gasteiger partial charge in [-0.05, 0) is 38.3 Å². The van der Waals surface area contributed by atoms with Gasteiger partial charge in [-0.25, -0.2) is 4.98 Å². The number of nitriles is 1. The topological polar surface area (TPSA) is 41.6 Å². The molecular weight excluding hydrogens is 267 g/mol. The second-order valence-electron chi connectivity index (χ2n) is 5.08. The van der Waals surface area contributed by atoms with Gasteiger partial charge in [-0.15, -0.1) is 0 Å². The molecule has 0 radical (unpaired) electrons. The zero-order valence-corrected chi connectivity index (χ0v) is 10.8. The van der Waals surface area contributed by atoms with E-state index in [0.717, 1.165) is 19.3 Å². The Labute approximate surface area is 113 Å². The number of aryl methyl sites for hydroxylation is 1. The first kappa shape index (κ1) is 13.0. The van der Waals surface area contributed by atoms with Gasteiger partial charge in [-0.1, -0.05) is 0 Å². The molecule has 1 aromatic heterocycles. The number of hydrogen-bond donors (Lipinski definition) is 0. The molecule has 1 saturated carbocycles. The predicted octanol–water partition coefficient (Wildman–Crippen LogP) is 3.96. The van der Waals surface area contributed by atoms with Crippen LogP contribution in [0, 0.1) is 18.3 Å². The van der Waals surface area contributed by atoms with Crippen molar-refractivity contribution >= 4 is 11.0 Å². The van der Waals surface area contributed by atoms with Crippen LogP contribution >= 0.6 is 0 Å². The Balaban J connectivity index is 2.40. The molecule has 1 heterocycles. The maximum absolute atomic E-state index is 13.3. The van der Waals surface area contributed by atoms with Crippen LogP contribution in [0.2, 0.25) is 0 Å². The van der Waals surface area contributed by atoms with Gasteiger partial charge >= 0.3 is 6.18 Å². The van der Waals surface area contributed by atoms with Gasteiger partial charge in [-0.2, -0.15) is 18.4 Å². The lowest BCUT2D eigenvalue weighted by atomic mass is 9.92. The smallest absolute Gasteiger partial charge is 0.325 e. The minimum atomic E-state index is -4.56. The van der Waals surface area contributed by atoms with Crippen LogP contribution < -0.4 is 0 Å². The van der Waals surface area contributed by atoms with Crippen LogP contribution in [0.5, 0.6) is 0 Å². The average Bonchev–Trinajstić information content (AvgIpc) is 2.62. The van der Waals surface area contributed by atoms with Gasteiger partial charge in [0.05, 0.1) is 28.2 Å². The lowest BCUT2D eigenvalue weighted by molar-refractivity contribution is -0.136. The molecule has 0 atom stereocenters. The van der Waals surface area contributed by atoms with Crippen molar-refractivity contribution in [3.63, 3.8) is 0 Å². The predicted molar refractivity (Wildman–Crippen MR) is 67.1 cm³/mol. The van der Waals surface area contributed by atoms with Gasteiger partial charge < -0.3 is 4.57 Å². The Morgan fingerprint density at radius 2 is 2.05 bits per heavy atom. The number of rotatable bonds is 1. The van der Waals surface area contributed by atoms with Crippen molar-refractivity contribution in [2.45, 2.75) is 38.4 Å². The normalized spacial score (nSPS) is 16.1. The van der Waals surface area contributed by atoms with Gasteiger partial charge in [0.15, 0.2) is 0 Å². The Bertz CT molecular complexity index is 718. The van der Waals surface area contributed by atoms with Crippen LogP contribution in [0.25, 0.3) is 11.0 Å². The molecule has 3 rings (SSSR count). The summed E-state index contributed by atoms with van der Waals surface area (Å²) in [4.78, 5) is 4.22. The molecule has 0 N–H and O–H groups in total. The van der Waals surface area contributed by atoms with E-state index in [1.165, 1.54) is 12.1 Å². The molecule has 104 valence electrons. The molecule has 0 unspecified atom stereocenters. The van der Waals surface area contributed by atoms with E-state index in [0.29, 0.717) is 11.3 Å². The molecule has 2 aromatic rings. The summed E-state index contributed by atoms with van der Waals surface area (Å²) in [5.41, 5.74) is -0.838. The fourth-order valence-corrected chi connectivity index (χ4v) is 2.78. The third-order valence-corrected chi connectivity index (χ3v) is 3.87. The Kier molecular flexibility index (Phi) is 2.75. The lowest BCUT2D eigenvalue weighted by Gasteiger charge is -2.29. The molecule has 1 fully saturated rings. The standard InChI is InChI=1S/C14H12F3N3/c1-8-19-11-6-5-9(7-18)12(14(15,16)17)13(11)20(8)10-3-2-4-10/h5-6,10H,2-4H2,1H3.